The second kappa shape index (κ2) is 6.50. The average molecular weight is 354 g/mol. The number of fused-ring (bicyclic) bond motifs is 1. The minimum atomic E-state index is -0.514. The third-order valence-corrected chi connectivity index (χ3v) is 5.99. The zero-order chi connectivity index (χ0) is 18.3. The van der Waals surface area contributed by atoms with Crippen molar-refractivity contribution >= 4 is 23.2 Å². The molecule has 4 rings (SSSR count). The SMILES string of the molecule is CC(C=O)NC(=O)c1cccc2[nH]c(C3(C)CCN(C4CCC4)C3)nc12. The van der Waals surface area contributed by atoms with Gasteiger partial charge in [-0.05, 0) is 44.9 Å². The van der Waals surface area contributed by atoms with E-state index in [0.29, 0.717) is 11.1 Å². The molecule has 2 aliphatic rings. The molecule has 26 heavy (non-hydrogen) atoms. The zero-order valence-electron chi connectivity index (χ0n) is 15.4. The van der Waals surface area contributed by atoms with Crippen LogP contribution in [-0.4, -0.2) is 52.2 Å². The highest BCUT2D eigenvalue weighted by molar-refractivity contribution is 6.05. The zero-order valence-corrected chi connectivity index (χ0v) is 15.4. The number of aromatic amines is 1. The van der Waals surface area contributed by atoms with Gasteiger partial charge in [0, 0.05) is 18.0 Å². The Labute approximate surface area is 153 Å². The number of nitrogens with zero attached hydrogens (tertiary/aromatic N) is 2. The van der Waals surface area contributed by atoms with Crippen molar-refractivity contribution in [3.05, 3.63) is 29.6 Å². The van der Waals surface area contributed by atoms with E-state index in [1.807, 2.05) is 12.1 Å². The molecule has 1 saturated heterocycles. The maximum Gasteiger partial charge on any atom is 0.254 e. The second-order valence-electron chi connectivity index (χ2n) is 8.05. The quantitative estimate of drug-likeness (QED) is 0.808. The van der Waals surface area contributed by atoms with Crippen molar-refractivity contribution in [1.29, 1.82) is 0 Å². The Morgan fingerprint density at radius 3 is 2.96 bits per heavy atom. The van der Waals surface area contributed by atoms with Gasteiger partial charge in [0.15, 0.2) is 0 Å². The van der Waals surface area contributed by atoms with Gasteiger partial charge in [0.1, 0.15) is 17.6 Å². The van der Waals surface area contributed by atoms with Crippen LogP contribution < -0.4 is 5.32 Å². The number of amides is 1. The monoisotopic (exact) mass is 354 g/mol. The van der Waals surface area contributed by atoms with Gasteiger partial charge in [0.05, 0.1) is 17.1 Å². The number of aromatic nitrogens is 2. The van der Waals surface area contributed by atoms with Crippen LogP contribution in [0.15, 0.2) is 18.2 Å². The fraction of sp³-hybridized carbons (Fsp3) is 0.550. The molecule has 2 aromatic rings. The average Bonchev–Trinajstić information content (AvgIpc) is 3.18. The molecule has 2 fully saturated rings. The van der Waals surface area contributed by atoms with E-state index in [1.165, 1.54) is 19.3 Å². The second-order valence-corrected chi connectivity index (χ2v) is 8.05. The third-order valence-electron chi connectivity index (χ3n) is 5.99. The Balaban J connectivity index is 1.62. The lowest BCUT2D eigenvalue weighted by Gasteiger charge is -2.35. The third kappa shape index (κ3) is 2.92. The van der Waals surface area contributed by atoms with Crippen LogP contribution in [0.1, 0.15) is 55.7 Å². The van der Waals surface area contributed by atoms with Gasteiger partial charge in [0.2, 0.25) is 0 Å². The van der Waals surface area contributed by atoms with Crippen LogP contribution in [0.3, 0.4) is 0 Å². The van der Waals surface area contributed by atoms with Crippen molar-refractivity contribution in [3.63, 3.8) is 0 Å². The van der Waals surface area contributed by atoms with Gasteiger partial charge >= 0.3 is 0 Å². The molecule has 0 bridgehead atoms. The maximum atomic E-state index is 12.5. The summed E-state index contributed by atoms with van der Waals surface area (Å²) in [5, 5.41) is 2.69. The van der Waals surface area contributed by atoms with Crippen LogP contribution in [0.5, 0.6) is 0 Å². The predicted molar refractivity (Wildman–Crippen MR) is 100 cm³/mol. The normalized spacial score (nSPS) is 25.2. The Bertz CT molecular complexity index is 841. The highest BCUT2D eigenvalue weighted by Gasteiger charge is 2.41. The van der Waals surface area contributed by atoms with Crippen LogP contribution >= 0.6 is 0 Å². The number of rotatable bonds is 5. The van der Waals surface area contributed by atoms with E-state index in [1.54, 1.807) is 13.0 Å². The minimum Gasteiger partial charge on any atom is -0.343 e. The molecular weight excluding hydrogens is 328 g/mol. The number of imidazole rings is 1. The van der Waals surface area contributed by atoms with Gasteiger partial charge in [-0.25, -0.2) is 4.98 Å². The van der Waals surface area contributed by atoms with Crippen LogP contribution in [-0.2, 0) is 10.2 Å². The number of aldehydes is 1. The molecule has 2 N–H and O–H groups in total. The summed E-state index contributed by atoms with van der Waals surface area (Å²) in [6, 6.07) is 5.79. The van der Waals surface area contributed by atoms with Crippen molar-refractivity contribution in [2.75, 3.05) is 13.1 Å². The Morgan fingerprint density at radius 1 is 1.46 bits per heavy atom. The van der Waals surface area contributed by atoms with Gasteiger partial charge in [0.25, 0.3) is 5.91 Å². The molecule has 1 aromatic heterocycles. The fourth-order valence-corrected chi connectivity index (χ4v) is 4.07. The van der Waals surface area contributed by atoms with Crippen LogP contribution in [0.2, 0.25) is 0 Å². The maximum absolute atomic E-state index is 12.5. The van der Waals surface area contributed by atoms with Gasteiger partial charge in [-0.15, -0.1) is 0 Å². The first-order chi connectivity index (χ1) is 12.5. The van der Waals surface area contributed by atoms with E-state index < -0.39 is 6.04 Å². The van der Waals surface area contributed by atoms with Crippen molar-refractivity contribution < 1.29 is 9.59 Å². The summed E-state index contributed by atoms with van der Waals surface area (Å²) in [4.78, 5) is 34.2. The smallest absolute Gasteiger partial charge is 0.254 e. The highest BCUT2D eigenvalue weighted by Crippen LogP contribution is 2.38. The topological polar surface area (TPSA) is 78.1 Å². The largest absolute Gasteiger partial charge is 0.343 e. The molecule has 1 amide bonds. The number of carbonyl (C=O) groups is 2. The molecule has 6 nitrogen and oxygen atoms in total. The van der Waals surface area contributed by atoms with Crippen LogP contribution in [0.25, 0.3) is 11.0 Å². The molecule has 0 spiro atoms. The molecule has 2 heterocycles. The van der Waals surface area contributed by atoms with E-state index in [9.17, 15) is 9.59 Å². The number of H-pyrrole nitrogens is 1. The molecule has 1 aromatic carbocycles. The summed E-state index contributed by atoms with van der Waals surface area (Å²) in [5.41, 5.74) is 2.05. The van der Waals surface area contributed by atoms with E-state index in [-0.39, 0.29) is 11.3 Å². The number of carbonyl (C=O) groups excluding carboxylic acids is 2. The molecular formula is C20H26N4O2. The molecule has 1 saturated carbocycles. The Morgan fingerprint density at radius 2 is 2.27 bits per heavy atom. The molecule has 1 aliphatic carbocycles. The first kappa shape index (κ1) is 17.2. The minimum absolute atomic E-state index is 0.0154. The van der Waals surface area contributed by atoms with Crippen molar-refractivity contribution in [2.45, 2.75) is 57.0 Å². The summed E-state index contributed by atoms with van der Waals surface area (Å²) in [5.74, 6) is 0.693. The standard InChI is InChI=1S/C20H26N4O2/c1-13(11-25)21-18(26)15-7-4-8-16-17(15)23-19(22-16)20(2)9-10-24(12-20)14-5-3-6-14/h4,7-8,11,13-14H,3,5-6,9-10,12H2,1-2H3,(H,21,26)(H,22,23). The lowest BCUT2D eigenvalue weighted by molar-refractivity contribution is -0.109. The summed E-state index contributed by atoms with van der Waals surface area (Å²) in [6.07, 6.45) is 5.78. The number of hydrogen-bond acceptors (Lipinski definition) is 4. The summed E-state index contributed by atoms with van der Waals surface area (Å²) >= 11 is 0. The summed E-state index contributed by atoms with van der Waals surface area (Å²) in [7, 11) is 0. The van der Waals surface area contributed by atoms with Crippen LogP contribution in [0, 0.1) is 0 Å². The van der Waals surface area contributed by atoms with Gasteiger partial charge in [-0.1, -0.05) is 19.4 Å². The number of hydrogen-bond donors (Lipinski definition) is 2. The Hall–Kier alpha value is -2.21. The first-order valence-corrected chi connectivity index (χ1v) is 9.49. The fourth-order valence-electron chi connectivity index (χ4n) is 4.07. The number of likely N-dealkylation sites (tertiary alicyclic amines) is 1. The van der Waals surface area contributed by atoms with E-state index in [4.69, 9.17) is 4.98 Å². The first-order valence-electron chi connectivity index (χ1n) is 9.49. The van der Waals surface area contributed by atoms with E-state index >= 15 is 0 Å². The Kier molecular flexibility index (Phi) is 4.31. The molecule has 2 unspecified atom stereocenters. The molecule has 2 atom stereocenters. The van der Waals surface area contributed by atoms with Gasteiger partial charge in [-0.2, -0.15) is 0 Å². The van der Waals surface area contributed by atoms with E-state index in [0.717, 1.165) is 43.2 Å². The van der Waals surface area contributed by atoms with Gasteiger partial charge < -0.3 is 15.1 Å². The van der Waals surface area contributed by atoms with E-state index in [2.05, 4.69) is 22.1 Å². The van der Waals surface area contributed by atoms with Gasteiger partial charge in [-0.3, -0.25) is 9.69 Å². The van der Waals surface area contributed by atoms with Crippen molar-refractivity contribution in [2.24, 2.45) is 0 Å². The highest BCUT2D eigenvalue weighted by atomic mass is 16.2. The number of nitrogens with one attached hydrogen (secondary N) is 2. The predicted octanol–water partition coefficient (Wildman–Crippen LogP) is 2.40. The number of para-hydroxylation sites is 1. The van der Waals surface area contributed by atoms with Crippen molar-refractivity contribution in [1.82, 2.24) is 20.2 Å². The molecule has 6 heteroatoms. The number of benzene rings is 1. The van der Waals surface area contributed by atoms with Crippen molar-refractivity contribution in [3.8, 4) is 0 Å². The lowest BCUT2D eigenvalue weighted by atomic mass is 9.88. The van der Waals surface area contributed by atoms with Crippen LogP contribution in [0.4, 0.5) is 0 Å². The molecule has 0 radical (unpaired) electrons. The summed E-state index contributed by atoms with van der Waals surface area (Å²) in [6.45, 7) is 6.05. The molecule has 1 aliphatic heterocycles. The lowest BCUT2D eigenvalue weighted by Crippen LogP contribution is -2.40. The molecule has 138 valence electrons. The summed E-state index contributed by atoms with van der Waals surface area (Å²) < 4.78 is 0.